The van der Waals surface area contributed by atoms with Crippen molar-refractivity contribution >= 4 is 27.1 Å². The van der Waals surface area contributed by atoms with E-state index >= 15 is 0 Å². The summed E-state index contributed by atoms with van der Waals surface area (Å²) >= 11 is 1.10. The molecule has 1 aromatic heterocycles. The standard InChI is InChI=1S/C19H16O4S2/c1-13-7-5-6-10-17(13)25(22,23)12-15-11-16(24-18(15)19(20)21)14-8-3-2-4-9-14/h2-11H,12H2,1H3,(H,20,21). The van der Waals surface area contributed by atoms with Gasteiger partial charge in [-0.25, -0.2) is 13.2 Å². The molecule has 3 rings (SSSR count). The smallest absolute Gasteiger partial charge is 0.346 e. The monoisotopic (exact) mass is 372 g/mol. The van der Waals surface area contributed by atoms with Gasteiger partial charge in [0.1, 0.15) is 4.88 Å². The Balaban J connectivity index is 2.04. The van der Waals surface area contributed by atoms with E-state index in [0.717, 1.165) is 21.8 Å². The Labute approximate surface area is 150 Å². The van der Waals surface area contributed by atoms with Gasteiger partial charge in [0.2, 0.25) is 0 Å². The van der Waals surface area contributed by atoms with Crippen molar-refractivity contribution < 1.29 is 18.3 Å². The molecule has 0 fully saturated rings. The molecule has 0 radical (unpaired) electrons. The first-order chi connectivity index (χ1) is 11.9. The zero-order chi connectivity index (χ0) is 18.0. The predicted octanol–water partition coefficient (Wildman–Crippen LogP) is 4.40. The molecule has 0 atom stereocenters. The lowest BCUT2D eigenvalue weighted by atomic mass is 10.1. The van der Waals surface area contributed by atoms with Crippen LogP contribution < -0.4 is 0 Å². The molecule has 128 valence electrons. The number of sulfone groups is 1. The fourth-order valence-electron chi connectivity index (χ4n) is 2.65. The highest BCUT2D eigenvalue weighted by Crippen LogP contribution is 2.33. The van der Waals surface area contributed by atoms with Gasteiger partial charge >= 0.3 is 5.97 Å². The van der Waals surface area contributed by atoms with Gasteiger partial charge in [-0.05, 0) is 35.7 Å². The third-order valence-corrected chi connectivity index (χ3v) is 6.87. The molecule has 25 heavy (non-hydrogen) atoms. The summed E-state index contributed by atoms with van der Waals surface area (Å²) in [7, 11) is -3.63. The summed E-state index contributed by atoms with van der Waals surface area (Å²) in [5, 5.41) is 9.46. The van der Waals surface area contributed by atoms with Crippen LogP contribution in [0.25, 0.3) is 10.4 Å². The van der Waals surface area contributed by atoms with E-state index in [9.17, 15) is 18.3 Å². The summed E-state index contributed by atoms with van der Waals surface area (Å²) in [4.78, 5) is 12.6. The fourth-order valence-corrected chi connectivity index (χ4v) is 5.40. The number of aryl methyl sites for hydroxylation is 1. The lowest BCUT2D eigenvalue weighted by molar-refractivity contribution is 0.0701. The summed E-state index contributed by atoms with van der Waals surface area (Å²) in [6.45, 7) is 1.73. The summed E-state index contributed by atoms with van der Waals surface area (Å²) < 4.78 is 25.5. The first-order valence-corrected chi connectivity index (χ1v) is 10.0. The Morgan fingerprint density at radius 3 is 2.32 bits per heavy atom. The van der Waals surface area contributed by atoms with Crippen molar-refractivity contribution in [1.29, 1.82) is 0 Å². The van der Waals surface area contributed by atoms with E-state index in [1.807, 2.05) is 30.3 Å². The van der Waals surface area contributed by atoms with E-state index in [-0.39, 0.29) is 15.5 Å². The first-order valence-electron chi connectivity index (χ1n) is 7.58. The van der Waals surface area contributed by atoms with Crippen molar-refractivity contribution in [2.24, 2.45) is 0 Å². The van der Waals surface area contributed by atoms with Crippen LogP contribution >= 0.6 is 11.3 Å². The summed E-state index contributed by atoms with van der Waals surface area (Å²) in [6, 6.07) is 17.7. The number of carboxylic acid groups (broad SMARTS) is 1. The summed E-state index contributed by atoms with van der Waals surface area (Å²) in [5.41, 5.74) is 1.84. The molecule has 0 spiro atoms. The second-order valence-corrected chi connectivity index (χ2v) is 8.67. The Kier molecular flexibility index (Phi) is 4.74. The Hall–Kier alpha value is -2.44. The number of benzene rings is 2. The minimum atomic E-state index is -3.63. The van der Waals surface area contributed by atoms with Crippen LogP contribution in [0, 0.1) is 6.92 Å². The van der Waals surface area contributed by atoms with E-state index in [4.69, 9.17) is 0 Å². The van der Waals surface area contributed by atoms with E-state index in [2.05, 4.69) is 0 Å². The molecule has 0 aliphatic heterocycles. The van der Waals surface area contributed by atoms with Gasteiger partial charge in [-0.3, -0.25) is 0 Å². The fraction of sp³-hybridized carbons (Fsp3) is 0.105. The minimum absolute atomic E-state index is 0.0658. The quantitative estimate of drug-likeness (QED) is 0.721. The minimum Gasteiger partial charge on any atom is -0.477 e. The SMILES string of the molecule is Cc1ccccc1S(=O)(=O)Cc1cc(-c2ccccc2)sc1C(=O)O. The van der Waals surface area contributed by atoms with Gasteiger partial charge < -0.3 is 5.11 Å². The van der Waals surface area contributed by atoms with E-state index < -0.39 is 15.8 Å². The van der Waals surface area contributed by atoms with Crippen LogP contribution in [0.15, 0.2) is 65.6 Å². The van der Waals surface area contributed by atoms with Crippen LogP contribution in [0.2, 0.25) is 0 Å². The normalized spacial score (nSPS) is 11.4. The molecule has 2 aromatic carbocycles. The molecular weight excluding hydrogens is 356 g/mol. The van der Waals surface area contributed by atoms with E-state index in [0.29, 0.717) is 11.1 Å². The van der Waals surface area contributed by atoms with Crippen molar-refractivity contribution in [2.75, 3.05) is 0 Å². The van der Waals surface area contributed by atoms with Crippen molar-refractivity contribution in [3.8, 4) is 10.4 Å². The highest BCUT2D eigenvalue weighted by molar-refractivity contribution is 7.90. The number of carbonyl (C=O) groups is 1. The average Bonchev–Trinajstić information content (AvgIpc) is 2.99. The molecule has 3 aromatic rings. The molecule has 4 nitrogen and oxygen atoms in total. The number of aromatic carboxylic acids is 1. The van der Waals surface area contributed by atoms with Gasteiger partial charge in [0, 0.05) is 4.88 Å². The largest absolute Gasteiger partial charge is 0.477 e. The van der Waals surface area contributed by atoms with Crippen molar-refractivity contribution in [2.45, 2.75) is 17.6 Å². The lowest BCUT2D eigenvalue weighted by Crippen LogP contribution is -2.08. The topological polar surface area (TPSA) is 71.4 Å². The molecule has 0 amide bonds. The number of rotatable bonds is 5. The second-order valence-electron chi connectivity index (χ2n) is 5.66. The van der Waals surface area contributed by atoms with Gasteiger partial charge in [0.25, 0.3) is 0 Å². The Morgan fingerprint density at radius 2 is 1.68 bits per heavy atom. The van der Waals surface area contributed by atoms with Crippen LogP contribution in [0.4, 0.5) is 0 Å². The maximum Gasteiger partial charge on any atom is 0.346 e. The second kappa shape index (κ2) is 6.82. The Morgan fingerprint density at radius 1 is 1.04 bits per heavy atom. The van der Waals surface area contributed by atoms with Crippen LogP contribution in [0.5, 0.6) is 0 Å². The van der Waals surface area contributed by atoms with Crippen molar-refractivity contribution in [3.05, 3.63) is 76.7 Å². The van der Waals surface area contributed by atoms with Crippen LogP contribution in [-0.4, -0.2) is 19.5 Å². The number of hydrogen-bond acceptors (Lipinski definition) is 4. The molecule has 6 heteroatoms. The molecule has 0 aliphatic carbocycles. The van der Waals surface area contributed by atoms with Gasteiger partial charge in [0.15, 0.2) is 9.84 Å². The summed E-state index contributed by atoms with van der Waals surface area (Å²) in [6.07, 6.45) is 0. The third-order valence-electron chi connectivity index (χ3n) is 3.84. The number of hydrogen-bond donors (Lipinski definition) is 1. The van der Waals surface area contributed by atoms with Gasteiger partial charge in [0.05, 0.1) is 10.6 Å². The predicted molar refractivity (Wildman–Crippen MR) is 98.8 cm³/mol. The number of thiophene rings is 1. The third kappa shape index (κ3) is 3.65. The maximum absolute atomic E-state index is 12.8. The van der Waals surface area contributed by atoms with Gasteiger partial charge in [-0.15, -0.1) is 11.3 Å². The molecule has 0 bridgehead atoms. The van der Waals surface area contributed by atoms with Crippen molar-refractivity contribution in [3.63, 3.8) is 0 Å². The lowest BCUT2D eigenvalue weighted by Gasteiger charge is -2.07. The van der Waals surface area contributed by atoms with Gasteiger partial charge in [-0.1, -0.05) is 48.5 Å². The molecule has 0 unspecified atom stereocenters. The molecule has 1 N–H and O–H groups in total. The zero-order valence-corrected chi connectivity index (χ0v) is 15.1. The zero-order valence-electron chi connectivity index (χ0n) is 13.5. The molecule has 0 saturated heterocycles. The van der Waals surface area contributed by atoms with E-state index in [1.54, 1.807) is 37.3 Å². The maximum atomic E-state index is 12.8. The van der Waals surface area contributed by atoms with Gasteiger partial charge in [-0.2, -0.15) is 0 Å². The highest BCUT2D eigenvalue weighted by Gasteiger charge is 2.24. The van der Waals surface area contributed by atoms with Crippen LogP contribution in [-0.2, 0) is 15.6 Å². The molecule has 0 aliphatic rings. The molecule has 0 saturated carbocycles. The molecule has 1 heterocycles. The van der Waals surface area contributed by atoms with E-state index in [1.165, 1.54) is 0 Å². The molecular formula is C19H16O4S2. The van der Waals surface area contributed by atoms with Crippen LogP contribution in [0.1, 0.15) is 20.8 Å². The average molecular weight is 372 g/mol. The number of carboxylic acids is 1. The van der Waals surface area contributed by atoms with Crippen molar-refractivity contribution in [1.82, 2.24) is 0 Å². The van der Waals surface area contributed by atoms with Crippen LogP contribution in [0.3, 0.4) is 0 Å². The first kappa shape index (κ1) is 17.4. The Bertz CT molecular complexity index is 1020. The summed E-state index contributed by atoms with van der Waals surface area (Å²) in [5.74, 6) is -1.44. The highest BCUT2D eigenvalue weighted by atomic mass is 32.2.